The van der Waals surface area contributed by atoms with Gasteiger partial charge in [0.25, 0.3) is 5.91 Å². The van der Waals surface area contributed by atoms with Crippen LogP contribution >= 0.6 is 22.9 Å². The van der Waals surface area contributed by atoms with E-state index < -0.39 is 5.91 Å². The highest BCUT2D eigenvalue weighted by molar-refractivity contribution is 7.17. The molecule has 3 aromatic carbocycles. The Morgan fingerprint density at radius 1 is 1.04 bits per heavy atom. The maximum atomic E-state index is 11.7. The van der Waals surface area contributed by atoms with Crippen LogP contribution in [-0.2, 0) is 6.61 Å². The van der Waals surface area contributed by atoms with Crippen LogP contribution in [0.2, 0.25) is 5.02 Å². The average Bonchev–Trinajstić information content (AvgIpc) is 3.16. The molecule has 4 aromatic rings. The number of carbonyl (C=O) groups excluding carboxylic acids is 1. The summed E-state index contributed by atoms with van der Waals surface area (Å²) in [5.41, 5.74) is 5.21. The fourth-order valence-corrected chi connectivity index (χ4v) is 4.01. The van der Waals surface area contributed by atoms with Crippen molar-refractivity contribution in [1.82, 2.24) is 5.48 Å². The first-order valence-electron chi connectivity index (χ1n) is 8.57. The number of amides is 1. The van der Waals surface area contributed by atoms with Crippen LogP contribution in [0, 0.1) is 0 Å². The predicted molar refractivity (Wildman–Crippen MR) is 112 cm³/mol. The van der Waals surface area contributed by atoms with Crippen molar-refractivity contribution in [3.63, 3.8) is 0 Å². The summed E-state index contributed by atoms with van der Waals surface area (Å²) in [7, 11) is 0. The monoisotopic (exact) mass is 409 g/mol. The highest BCUT2D eigenvalue weighted by atomic mass is 35.5. The summed E-state index contributed by atoms with van der Waals surface area (Å²) < 4.78 is 6.91. The van der Waals surface area contributed by atoms with E-state index in [1.807, 2.05) is 54.6 Å². The first kappa shape index (κ1) is 18.5. The first-order chi connectivity index (χ1) is 13.6. The normalized spacial score (nSPS) is 10.8. The molecule has 0 saturated heterocycles. The molecule has 0 aliphatic carbocycles. The maximum absolute atomic E-state index is 11.7. The summed E-state index contributed by atoms with van der Waals surface area (Å²) in [5, 5.41) is 12.6. The molecule has 1 aromatic heterocycles. The molecule has 0 fully saturated rings. The molecule has 140 valence electrons. The quantitative estimate of drug-likeness (QED) is 0.317. The van der Waals surface area contributed by atoms with Crippen molar-refractivity contribution < 1.29 is 14.7 Å². The van der Waals surface area contributed by atoms with Gasteiger partial charge in [0.2, 0.25) is 0 Å². The second-order valence-corrected chi connectivity index (χ2v) is 7.59. The van der Waals surface area contributed by atoms with Crippen molar-refractivity contribution in [1.29, 1.82) is 0 Å². The average molecular weight is 410 g/mol. The second-order valence-electron chi connectivity index (χ2n) is 6.24. The summed E-state index contributed by atoms with van der Waals surface area (Å²) >= 11 is 7.51. The number of rotatable bonds is 5. The molecule has 1 heterocycles. The fraction of sp³-hybridized carbons (Fsp3) is 0.0455. The van der Waals surface area contributed by atoms with Gasteiger partial charge in [-0.25, -0.2) is 5.48 Å². The number of hydroxylamine groups is 1. The van der Waals surface area contributed by atoms with Crippen molar-refractivity contribution in [3.05, 3.63) is 88.3 Å². The van der Waals surface area contributed by atoms with Crippen LogP contribution in [0.4, 0.5) is 0 Å². The molecule has 0 unspecified atom stereocenters. The lowest BCUT2D eigenvalue weighted by Crippen LogP contribution is -2.18. The molecule has 6 heteroatoms. The molecule has 2 N–H and O–H groups in total. The molecule has 0 aliphatic heterocycles. The largest absolute Gasteiger partial charge is 0.489 e. The SMILES string of the molecule is O=C(NO)c1ccc2scc(-c3ccc(OCc4ccc(Cl)cc4)cc3)c2c1. The van der Waals surface area contributed by atoms with Gasteiger partial charge in [0.1, 0.15) is 12.4 Å². The van der Waals surface area contributed by atoms with Gasteiger partial charge in [0, 0.05) is 26.2 Å². The van der Waals surface area contributed by atoms with Crippen molar-refractivity contribution >= 4 is 38.9 Å². The summed E-state index contributed by atoms with van der Waals surface area (Å²) in [6, 6.07) is 20.8. The van der Waals surface area contributed by atoms with E-state index in [4.69, 9.17) is 21.5 Å². The van der Waals surface area contributed by atoms with E-state index in [1.165, 1.54) is 0 Å². The van der Waals surface area contributed by atoms with Gasteiger partial charge < -0.3 is 4.74 Å². The number of carbonyl (C=O) groups is 1. The number of hydrogen-bond acceptors (Lipinski definition) is 4. The van der Waals surface area contributed by atoms with Crippen molar-refractivity contribution in [2.24, 2.45) is 0 Å². The first-order valence-corrected chi connectivity index (χ1v) is 9.83. The Morgan fingerprint density at radius 2 is 1.79 bits per heavy atom. The van der Waals surface area contributed by atoms with E-state index >= 15 is 0 Å². The van der Waals surface area contributed by atoms with E-state index in [1.54, 1.807) is 28.9 Å². The molecule has 1 amide bonds. The second kappa shape index (κ2) is 8.02. The minimum absolute atomic E-state index is 0.414. The van der Waals surface area contributed by atoms with Gasteiger partial charge in [0.15, 0.2) is 0 Å². The molecule has 0 radical (unpaired) electrons. The molecule has 28 heavy (non-hydrogen) atoms. The topological polar surface area (TPSA) is 58.6 Å². The number of hydrogen-bond donors (Lipinski definition) is 2. The van der Waals surface area contributed by atoms with Crippen molar-refractivity contribution in [2.45, 2.75) is 6.61 Å². The van der Waals surface area contributed by atoms with Crippen LogP contribution in [0.15, 0.2) is 72.1 Å². The molecule has 4 nitrogen and oxygen atoms in total. The summed E-state index contributed by atoms with van der Waals surface area (Å²) in [6.07, 6.45) is 0. The van der Waals surface area contributed by atoms with Crippen molar-refractivity contribution in [2.75, 3.05) is 0 Å². The lowest BCUT2D eigenvalue weighted by atomic mass is 10.0. The Morgan fingerprint density at radius 3 is 2.50 bits per heavy atom. The van der Waals surface area contributed by atoms with Crippen LogP contribution < -0.4 is 10.2 Å². The maximum Gasteiger partial charge on any atom is 0.274 e. The molecule has 0 spiro atoms. The predicted octanol–water partition coefficient (Wildman–Crippen LogP) is 5.92. The van der Waals surface area contributed by atoms with Crippen LogP contribution in [0.5, 0.6) is 5.75 Å². The van der Waals surface area contributed by atoms with Crippen molar-refractivity contribution in [3.8, 4) is 16.9 Å². The van der Waals surface area contributed by atoms with Gasteiger partial charge >= 0.3 is 0 Å². The number of fused-ring (bicyclic) bond motifs is 1. The Hall–Kier alpha value is -2.86. The minimum atomic E-state index is -0.523. The molecular formula is C22H16ClNO3S. The van der Waals surface area contributed by atoms with E-state index in [2.05, 4.69) is 5.38 Å². The van der Waals surface area contributed by atoms with Crippen LogP contribution in [0.1, 0.15) is 15.9 Å². The van der Waals surface area contributed by atoms with Gasteiger partial charge in [-0.3, -0.25) is 10.0 Å². The smallest absolute Gasteiger partial charge is 0.274 e. The lowest BCUT2D eigenvalue weighted by molar-refractivity contribution is 0.0706. The Bertz CT molecular complexity index is 1120. The number of halogens is 1. The lowest BCUT2D eigenvalue weighted by Gasteiger charge is -2.08. The van der Waals surface area contributed by atoms with E-state index in [9.17, 15) is 4.79 Å². The zero-order valence-electron chi connectivity index (χ0n) is 14.7. The van der Waals surface area contributed by atoms with Gasteiger partial charge in [-0.15, -0.1) is 11.3 Å². The zero-order valence-corrected chi connectivity index (χ0v) is 16.3. The molecule has 0 atom stereocenters. The number of benzene rings is 3. The minimum Gasteiger partial charge on any atom is -0.489 e. The zero-order chi connectivity index (χ0) is 19.5. The van der Waals surface area contributed by atoms with Gasteiger partial charge in [0.05, 0.1) is 0 Å². The molecule has 4 rings (SSSR count). The summed E-state index contributed by atoms with van der Waals surface area (Å²) in [5.74, 6) is 0.253. The molecule has 0 saturated carbocycles. The highest BCUT2D eigenvalue weighted by Gasteiger charge is 2.11. The van der Waals surface area contributed by atoms with Crippen LogP contribution in [0.25, 0.3) is 21.2 Å². The molecule has 0 bridgehead atoms. The number of ether oxygens (including phenoxy) is 1. The number of nitrogens with one attached hydrogen (secondary N) is 1. The third kappa shape index (κ3) is 3.87. The highest BCUT2D eigenvalue weighted by Crippen LogP contribution is 2.35. The van der Waals surface area contributed by atoms with Crippen LogP contribution in [0.3, 0.4) is 0 Å². The molecule has 0 aliphatic rings. The summed E-state index contributed by atoms with van der Waals surface area (Å²) in [6.45, 7) is 0.470. The Labute approximate surface area is 170 Å². The van der Waals surface area contributed by atoms with E-state index in [0.717, 1.165) is 32.5 Å². The Kier molecular flexibility index (Phi) is 5.30. The Balaban J connectivity index is 1.55. The number of thiophene rings is 1. The van der Waals surface area contributed by atoms with Gasteiger partial charge in [-0.05, 0) is 59.0 Å². The van der Waals surface area contributed by atoms with E-state index in [-0.39, 0.29) is 0 Å². The fourth-order valence-electron chi connectivity index (χ4n) is 2.94. The van der Waals surface area contributed by atoms with Gasteiger partial charge in [-0.2, -0.15) is 0 Å². The third-order valence-electron chi connectivity index (χ3n) is 4.42. The van der Waals surface area contributed by atoms with Crippen LogP contribution in [-0.4, -0.2) is 11.1 Å². The van der Waals surface area contributed by atoms with E-state index in [0.29, 0.717) is 17.2 Å². The standard InChI is InChI=1S/C22H16ClNO3S/c23-17-6-1-14(2-7-17)12-27-18-8-3-15(4-9-18)20-13-28-21-10-5-16(11-19(20)21)22(25)24-26/h1-11,13,26H,12H2,(H,24,25). The summed E-state index contributed by atoms with van der Waals surface area (Å²) in [4.78, 5) is 11.7. The third-order valence-corrected chi connectivity index (χ3v) is 5.64. The molecular weight excluding hydrogens is 394 g/mol. The van der Waals surface area contributed by atoms with Gasteiger partial charge in [-0.1, -0.05) is 35.9 Å².